The second-order valence-electron chi connectivity index (χ2n) is 2.88. The Morgan fingerprint density at radius 2 is 1.88 bits per heavy atom. The van der Waals surface area contributed by atoms with Crippen molar-refractivity contribution in [1.82, 2.24) is 0 Å². The summed E-state index contributed by atoms with van der Waals surface area (Å²) in [5.74, 6) is 0. The topological polar surface area (TPSA) is 82.1 Å². The van der Waals surface area contributed by atoms with Crippen molar-refractivity contribution in [3.05, 3.63) is 12.7 Å². The van der Waals surface area contributed by atoms with E-state index in [2.05, 4.69) is 23.0 Å². The Kier molecular flexibility index (Phi) is 14.8. The molecule has 0 saturated carbocycles. The molecule has 1 N–H and O–H groups in total. The van der Waals surface area contributed by atoms with Gasteiger partial charge in [0.15, 0.2) is 0 Å². The standard InChI is InChI=1S/C9H16O3.C2H4O3/c1-3-5-6-8-12-9(10)11-7-4-2;1-5-2(3)4/h4H,2-3,5-8H2,1H3;1H3,(H,3,4). The lowest BCUT2D eigenvalue weighted by Gasteiger charge is -2.02. The predicted molar refractivity (Wildman–Crippen MR) is 62.1 cm³/mol. The molecule has 0 aliphatic carbocycles. The second-order valence-corrected chi connectivity index (χ2v) is 2.88. The molecule has 0 aromatic carbocycles. The van der Waals surface area contributed by atoms with Crippen molar-refractivity contribution in [3.8, 4) is 0 Å². The third-order valence-electron chi connectivity index (χ3n) is 1.46. The van der Waals surface area contributed by atoms with Gasteiger partial charge in [-0.15, -0.1) is 0 Å². The van der Waals surface area contributed by atoms with Gasteiger partial charge in [-0.05, 0) is 6.42 Å². The van der Waals surface area contributed by atoms with E-state index in [1.807, 2.05) is 0 Å². The largest absolute Gasteiger partial charge is 0.508 e. The van der Waals surface area contributed by atoms with Crippen molar-refractivity contribution in [2.45, 2.75) is 26.2 Å². The number of unbranched alkanes of at least 4 members (excludes halogenated alkanes) is 2. The van der Waals surface area contributed by atoms with Gasteiger partial charge in [-0.2, -0.15) is 0 Å². The van der Waals surface area contributed by atoms with Gasteiger partial charge in [0.05, 0.1) is 13.7 Å². The Balaban J connectivity index is 0. The minimum atomic E-state index is -1.25. The zero-order valence-electron chi connectivity index (χ0n) is 10.3. The SMILES string of the molecule is C=CCOC(=O)OCCCCC.COC(=O)O. The van der Waals surface area contributed by atoms with E-state index >= 15 is 0 Å². The molecule has 6 nitrogen and oxygen atoms in total. The number of carbonyl (C=O) groups is 2. The highest BCUT2D eigenvalue weighted by Gasteiger charge is 2.00. The van der Waals surface area contributed by atoms with Crippen molar-refractivity contribution in [2.24, 2.45) is 0 Å². The molecule has 0 rings (SSSR count). The average Bonchev–Trinajstić information content (AvgIpc) is 2.32. The first kappa shape index (κ1) is 17.7. The molecule has 0 saturated heterocycles. The lowest BCUT2D eigenvalue weighted by molar-refractivity contribution is 0.0620. The van der Waals surface area contributed by atoms with Crippen LogP contribution in [0.1, 0.15) is 26.2 Å². The highest BCUT2D eigenvalue weighted by atomic mass is 16.7. The molecular formula is C11H20O6. The van der Waals surface area contributed by atoms with Gasteiger partial charge >= 0.3 is 12.3 Å². The van der Waals surface area contributed by atoms with Crippen LogP contribution >= 0.6 is 0 Å². The smallest absolute Gasteiger partial charge is 0.450 e. The van der Waals surface area contributed by atoms with Gasteiger partial charge in [0.2, 0.25) is 0 Å². The van der Waals surface area contributed by atoms with Crippen molar-refractivity contribution in [1.29, 1.82) is 0 Å². The maximum Gasteiger partial charge on any atom is 0.508 e. The van der Waals surface area contributed by atoms with Crippen LogP contribution in [0.15, 0.2) is 12.7 Å². The number of carbonyl (C=O) groups excluding carboxylic acids is 1. The lowest BCUT2D eigenvalue weighted by Crippen LogP contribution is -2.08. The predicted octanol–water partition coefficient (Wildman–Crippen LogP) is 2.83. The second kappa shape index (κ2) is 14.3. The molecule has 0 fully saturated rings. The van der Waals surface area contributed by atoms with Crippen molar-refractivity contribution in [2.75, 3.05) is 20.3 Å². The minimum absolute atomic E-state index is 0.215. The van der Waals surface area contributed by atoms with Gasteiger partial charge in [-0.25, -0.2) is 9.59 Å². The highest BCUT2D eigenvalue weighted by molar-refractivity contribution is 5.59. The molecule has 17 heavy (non-hydrogen) atoms. The lowest BCUT2D eigenvalue weighted by atomic mass is 10.3. The van der Waals surface area contributed by atoms with Gasteiger partial charge in [0.25, 0.3) is 0 Å². The van der Waals surface area contributed by atoms with E-state index in [-0.39, 0.29) is 6.61 Å². The van der Waals surface area contributed by atoms with Crippen LogP contribution in [0.5, 0.6) is 0 Å². The van der Waals surface area contributed by atoms with E-state index in [1.54, 1.807) is 0 Å². The number of ether oxygens (including phenoxy) is 3. The van der Waals surface area contributed by atoms with Crippen LogP contribution in [0.4, 0.5) is 9.59 Å². The normalized spacial score (nSPS) is 8.35. The molecule has 0 aliphatic heterocycles. The summed E-state index contributed by atoms with van der Waals surface area (Å²) >= 11 is 0. The Hall–Kier alpha value is -1.72. The molecular weight excluding hydrogens is 228 g/mol. The van der Waals surface area contributed by atoms with E-state index in [1.165, 1.54) is 6.08 Å². The fourth-order valence-corrected chi connectivity index (χ4v) is 0.676. The molecule has 0 atom stereocenters. The summed E-state index contributed by atoms with van der Waals surface area (Å²) in [7, 11) is 1.10. The summed E-state index contributed by atoms with van der Waals surface area (Å²) in [4.78, 5) is 19.8. The van der Waals surface area contributed by atoms with Gasteiger partial charge in [-0.3, -0.25) is 0 Å². The van der Waals surface area contributed by atoms with Crippen LogP contribution in [-0.2, 0) is 14.2 Å². The molecule has 6 heteroatoms. The molecule has 0 spiro atoms. The molecule has 0 aromatic rings. The maximum atomic E-state index is 10.7. The molecule has 0 heterocycles. The number of rotatable bonds is 6. The average molecular weight is 248 g/mol. The summed E-state index contributed by atoms with van der Waals surface area (Å²) in [5.41, 5.74) is 0. The molecule has 100 valence electrons. The third kappa shape index (κ3) is 20.4. The fraction of sp³-hybridized carbons (Fsp3) is 0.636. The monoisotopic (exact) mass is 248 g/mol. The molecule has 0 aromatic heterocycles. The number of methoxy groups -OCH3 is 1. The molecule has 0 aliphatic rings. The van der Waals surface area contributed by atoms with E-state index < -0.39 is 12.3 Å². The Morgan fingerprint density at radius 3 is 2.29 bits per heavy atom. The minimum Gasteiger partial charge on any atom is -0.450 e. The maximum absolute atomic E-state index is 10.7. The quantitative estimate of drug-likeness (QED) is 0.442. The first-order chi connectivity index (χ1) is 8.08. The van der Waals surface area contributed by atoms with E-state index in [0.29, 0.717) is 6.61 Å². The first-order valence-electron chi connectivity index (χ1n) is 5.25. The summed E-state index contributed by atoms with van der Waals surface area (Å²) < 4.78 is 13.0. The Morgan fingerprint density at radius 1 is 1.29 bits per heavy atom. The van der Waals surface area contributed by atoms with Crippen molar-refractivity contribution < 1.29 is 28.9 Å². The third-order valence-corrected chi connectivity index (χ3v) is 1.46. The van der Waals surface area contributed by atoms with E-state index in [4.69, 9.17) is 14.6 Å². The fourth-order valence-electron chi connectivity index (χ4n) is 0.676. The van der Waals surface area contributed by atoms with Gasteiger partial charge < -0.3 is 19.3 Å². The van der Waals surface area contributed by atoms with Gasteiger partial charge in [-0.1, -0.05) is 32.4 Å². The van der Waals surface area contributed by atoms with Crippen molar-refractivity contribution in [3.63, 3.8) is 0 Å². The van der Waals surface area contributed by atoms with E-state index in [9.17, 15) is 4.79 Å². The number of hydrogen-bond acceptors (Lipinski definition) is 5. The van der Waals surface area contributed by atoms with Crippen LogP contribution in [0, 0.1) is 0 Å². The highest BCUT2D eigenvalue weighted by Crippen LogP contribution is 1.95. The zero-order valence-corrected chi connectivity index (χ0v) is 10.3. The zero-order chi connectivity index (χ0) is 13.5. The van der Waals surface area contributed by atoms with Crippen LogP contribution in [0.3, 0.4) is 0 Å². The summed E-state index contributed by atoms with van der Waals surface area (Å²) in [6.45, 7) is 6.17. The van der Waals surface area contributed by atoms with Crippen LogP contribution in [0.2, 0.25) is 0 Å². The molecule has 0 radical (unpaired) electrons. The Bertz CT molecular complexity index is 214. The van der Waals surface area contributed by atoms with Crippen molar-refractivity contribution >= 4 is 12.3 Å². The van der Waals surface area contributed by atoms with Crippen LogP contribution < -0.4 is 0 Å². The molecule has 0 unspecified atom stereocenters. The Labute approximate surface area is 101 Å². The van der Waals surface area contributed by atoms with Gasteiger partial charge in [0, 0.05) is 0 Å². The van der Waals surface area contributed by atoms with E-state index in [0.717, 1.165) is 26.4 Å². The summed E-state index contributed by atoms with van der Waals surface area (Å²) in [6.07, 6.45) is 2.75. The number of carboxylic acid groups (broad SMARTS) is 1. The summed E-state index contributed by atoms with van der Waals surface area (Å²) in [6, 6.07) is 0. The molecule has 0 amide bonds. The van der Waals surface area contributed by atoms with Crippen LogP contribution in [-0.4, -0.2) is 37.7 Å². The number of hydrogen-bond donors (Lipinski definition) is 1. The molecule has 0 bridgehead atoms. The van der Waals surface area contributed by atoms with Gasteiger partial charge in [0.1, 0.15) is 6.61 Å². The summed E-state index contributed by atoms with van der Waals surface area (Å²) in [5, 5.41) is 7.50. The first-order valence-corrected chi connectivity index (χ1v) is 5.25. The van der Waals surface area contributed by atoms with Crippen LogP contribution in [0.25, 0.3) is 0 Å².